The molecule has 0 aliphatic carbocycles. The Hall–Kier alpha value is -2.69. The Labute approximate surface area is 156 Å². The molecule has 0 aliphatic rings. The number of rotatable bonds is 7. The maximum absolute atomic E-state index is 5.35. The summed E-state index contributed by atoms with van der Waals surface area (Å²) in [6.45, 7) is 5.78. The highest BCUT2D eigenvalue weighted by Gasteiger charge is 2.08. The van der Waals surface area contributed by atoms with E-state index in [1.54, 1.807) is 21.3 Å². The van der Waals surface area contributed by atoms with E-state index in [1.807, 2.05) is 18.2 Å². The van der Waals surface area contributed by atoms with Crippen molar-refractivity contribution in [1.82, 2.24) is 10.6 Å². The Balaban J connectivity index is 1.88. The summed E-state index contributed by atoms with van der Waals surface area (Å²) >= 11 is 0. The molecule has 2 aromatic rings. The summed E-state index contributed by atoms with van der Waals surface area (Å²) in [7, 11) is 5.05. The van der Waals surface area contributed by atoms with E-state index in [0.29, 0.717) is 12.5 Å². The molecule has 0 heterocycles. The second-order valence-corrected chi connectivity index (χ2v) is 6.31. The molecule has 5 heteroatoms. The summed E-state index contributed by atoms with van der Waals surface area (Å²) in [5.41, 5.74) is 3.69. The number of methoxy groups -OCH3 is 2. The minimum atomic E-state index is 0.398. The van der Waals surface area contributed by atoms with E-state index in [-0.39, 0.29) is 0 Å². The average molecular weight is 355 g/mol. The van der Waals surface area contributed by atoms with Crippen molar-refractivity contribution in [3.8, 4) is 11.5 Å². The van der Waals surface area contributed by atoms with Gasteiger partial charge in [-0.3, -0.25) is 4.99 Å². The molecule has 0 spiro atoms. The monoisotopic (exact) mass is 355 g/mol. The van der Waals surface area contributed by atoms with Gasteiger partial charge >= 0.3 is 0 Å². The SMILES string of the molecule is CN=C(NCc1ccc(OC)c(OC)c1)NCC(C)c1ccc(C)cc1. The van der Waals surface area contributed by atoms with Crippen molar-refractivity contribution >= 4 is 5.96 Å². The van der Waals surface area contributed by atoms with Crippen molar-refractivity contribution in [2.24, 2.45) is 4.99 Å². The molecule has 0 radical (unpaired) electrons. The van der Waals surface area contributed by atoms with Gasteiger partial charge in [0.2, 0.25) is 0 Å². The van der Waals surface area contributed by atoms with Crippen molar-refractivity contribution in [2.45, 2.75) is 26.3 Å². The molecule has 0 saturated carbocycles. The fraction of sp³-hybridized carbons (Fsp3) is 0.381. The Morgan fingerprint density at radius 1 is 1.00 bits per heavy atom. The van der Waals surface area contributed by atoms with Gasteiger partial charge < -0.3 is 20.1 Å². The molecule has 2 rings (SSSR count). The van der Waals surface area contributed by atoms with Crippen LogP contribution < -0.4 is 20.1 Å². The molecule has 26 heavy (non-hydrogen) atoms. The number of aryl methyl sites for hydroxylation is 1. The fourth-order valence-corrected chi connectivity index (χ4v) is 2.66. The predicted molar refractivity (Wildman–Crippen MR) is 107 cm³/mol. The van der Waals surface area contributed by atoms with Crippen LogP contribution in [-0.4, -0.2) is 33.8 Å². The highest BCUT2D eigenvalue weighted by molar-refractivity contribution is 5.79. The van der Waals surface area contributed by atoms with Gasteiger partial charge in [0.1, 0.15) is 0 Å². The van der Waals surface area contributed by atoms with Crippen molar-refractivity contribution in [3.63, 3.8) is 0 Å². The summed E-state index contributed by atoms with van der Waals surface area (Å²) in [6, 6.07) is 14.5. The molecular formula is C21H29N3O2. The van der Waals surface area contributed by atoms with Gasteiger partial charge in [0, 0.05) is 20.1 Å². The number of nitrogens with zero attached hydrogens (tertiary/aromatic N) is 1. The Bertz CT molecular complexity index is 727. The van der Waals surface area contributed by atoms with Gasteiger partial charge in [-0.1, -0.05) is 42.8 Å². The Kier molecular flexibility index (Phi) is 7.33. The first-order valence-electron chi connectivity index (χ1n) is 8.79. The third-order valence-electron chi connectivity index (χ3n) is 4.35. The quantitative estimate of drug-likeness (QED) is 0.590. The second-order valence-electron chi connectivity index (χ2n) is 6.31. The van der Waals surface area contributed by atoms with Crippen LogP contribution in [0.1, 0.15) is 29.5 Å². The highest BCUT2D eigenvalue weighted by atomic mass is 16.5. The van der Waals surface area contributed by atoms with Crippen LogP contribution in [0.4, 0.5) is 0 Å². The molecule has 2 aromatic carbocycles. The van der Waals surface area contributed by atoms with Gasteiger partial charge in [-0.05, 0) is 36.1 Å². The number of nitrogens with one attached hydrogen (secondary N) is 2. The van der Waals surface area contributed by atoms with Crippen molar-refractivity contribution in [2.75, 3.05) is 27.8 Å². The maximum atomic E-state index is 5.35. The molecule has 0 aromatic heterocycles. The molecule has 5 nitrogen and oxygen atoms in total. The van der Waals surface area contributed by atoms with Crippen LogP contribution in [-0.2, 0) is 6.54 Å². The molecule has 0 amide bonds. The third kappa shape index (κ3) is 5.41. The normalized spacial score (nSPS) is 12.4. The fourth-order valence-electron chi connectivity index (χ4n) is 2.66. The van der Waals surface area contributed by atoms with E-state index in [4.69, 9.17) is 9.47 Å². The van der Waals surface area contributed by atoms with Crippen molar-refractivity contribution in [3.05, 3.63) is 59.2 Å². The summed E-state index contributed by atoms with van der Waals surface area (Å²) in [4.78, 5) is 4.30. The topological polar surface area (TPSA) is 54.9 Å². The van der Waals surface area contributed by atoms with Crippen LogP contribution >= 0.6 is 0 Å². The van der Waals surface area contributed by atoms with Crippen LogP contribution in [0.5, 0.6) is 11.5 Å². The first-order valence-corrected chi connectivity index (χ1v) is 8.79. The van der Waals surface area contributed by atoms with E-state index in [2.05, 4.69) is 53.7 Å². The van der Waals surface area contributed by atoms with Crippen LogP contribution in [0.2, 0.25) is 0 Å². The number of ether oxygens (including phenoxy) is 2. The smallest absolute Gasteiger partial charge is 0.191 e. The van der Waals surface area contributed by atoms with E-state index in [9.17, 15) is 0 Å². The predicted octanol–water partition coefficient (Wildman–Crippen LogP) is 3.48. The van der Waals surface area contributed by atoms with E-state index in [1.165, 1.54) is 11.1 Å². The molecule has 1 unspecified atom stereocenters. The third-order valence-corrected chi connectivity index (χ3v) is 4.35. The number of benzene rings is 2. The molecule has 0 bridgehead atoms. The van der Waals surface area contributed by atoms with Gasteiger partial charge in [0.15, 0.2) is 17.5 Å². The zero-order valence-electron chi connectivity index (χ0n) is 16.3. The Morgan fingerprint density at radius 2 is 1.69 bits per heavy atom. The van der Waals surface area contributed by atoms with Crippen LogP contribution in [0.15, 0.2) is 47.5 Å². The minimum Gasteiger partial charge on any atom is -0.493 e. The lowest BCUT2D eigenvalue weighted by Gasteiger charge is -2.17. The average Bonchev–Trinajstić information content (AvgIpc) is 2.68. The minimum absolute atomic E-state index is 0.398. The molecule has 0 fully saturated rings. The highest BCUT2D eigenvalue weighted by Crippen LogP contribution is 2.27. The lowest BCUT2D eigenvalue weighted by atomic mass is 10.0. The first-order chi connectivity index (χ1) is 12.6. The van der Waals surface area contributed by atoms with E-state index < -0.39 is 0 Å². The van der Waals surface area contributed by atoms with E-state index >= 15 is 0 Å². The molecule has 140 valence electrons. The number of hydrogen-bond acceptors (Lipinski definition) is 3. The second kappa shape index (κ2) is 9.70. The summed E-state index contributed by atoms with van der Waals surface area (Å²) < 4.78 is 10.6. The zero-order chi connectivity index (χ0) is 18.9. The summed E-state index contributed by atoms with van der Waals surface area (Å²) in [5, 5.41) is 6.72. The van der Waals surface area contributed by atoms with Gasteiger partial charge in [0.05, 0.1) is 14.2 Å². The van der Waals surface area contributed by atoms with Gasteiger partial charge in [-0.15, -0.1) is 0 Å². The summed E-state index contributed by atoms with van der Waals surface area (Å²) in [5.74, 6) is 2.63. The van der Waals surface area contributed by atoms with Crippen molar-refractivity contribution < 1.29 is 9.47 Å². The van der Waals surface area contributed by atoms with Gasteiger partial charge in [0.25, 0.3) is 0 Å². The van der Waals surface area contributed by atoms with Crippen molar-refractivity contribution in [1.29, 1.82) is 0 Å². The molecule has 0 aliphatic heterocycles. The number of guanidine groups is 1. The number of aliphatic imine (C=N–C) groups is 1. The zero-order valence-corrected chi connectivity index (χ0v) is 16.3. The molecule has 2 N–H and O–H groups in total. The maximum Gasteiger partial charge on any atom is 0.191 e. The molecule has 1 atom stereocenters. The largest absolute Gasteiger partial charge is 0.493 e. The van der Waals surface area contributed by atoms with Gasteiger partial charge in [-0.2, -0.15) is 0 Å². The number of hydrogen-bond donors (Lipinski definition) is 2. The van der Waals surface area contributed by atoms with Gasteiger partial charge in [-0.25, -0.2) is 0 Å². The molecular weight excluding hydrogens is 326 g/mol. The first kappa shape index (κ1) is 19.6. The lowest BCUT2D eigenvalue weighted by molar-refractivity contribution is 0.354. The Morgan fingerprint density at radius 3 is 2.31 bits per heavy atom. The van der Waals surface area contributed by atoms with Crippen LogP contribution in [0.25, 0.3) is 0 Å². The standard InChI is InChI=1S/C21H29N3O2/c1-15-6-9-18(10-7-15)16(2)13-23-21(22-3)24-14-17-8-11-19(25-4)20(12-17)26-5/h6-12,16H,13-14H2,1-5H3,(H2,22,23,24). The van der Waals surface area contributed by atoms with Crippen LogP contribution in [0.3, 0.4) is 0 Å². The van der Waals surface area contributed by atoms with E-state index in [0.717, 1.165) is 29.6 Å². The summed E-state index contributed by atoms with van der Waals surface area (Å²) in [6.07, 6.45) is 0. The van der Waals surface area contributed by atoms with Crippen LogP contribution in [0, 0.1) is 6.92 Å². The lowest BCUT2D eigenvalue weighted by Crippen LogP contribution is -2.38. The molecule has 0 saturated heterocycles.